The highest BCUT2D eigenvalue weighted by atomic mass is 16.2. The third kappa shape index (κ3) is 4.22. The van der Waals surface area contributed by atoms with Crippen LogP contribution in [0.5, 0.6) is 0 Å². The van der Waals surface area contributed by atoms with Crippen molar-refractivity contribution in [2.24, 2.45) is 0 Å². The molecule has 1 heterocycles. The zero-order valence-electron chi connectivity index (χ0n) is 13.9. The van der Waals surface area contributed by atoms with Crippen molar-refractivity contribution in [1.82, 2.24) is 9.78 Å². The first-order valence-electron chi connectivity index (χ1n) is 8.05. The van der Waals surface area contributed by atoms with Crippen LogP contribution in [0.4, 0.5) is 5.69 Å². The fraction of sp³-hybridized carbons (Fsp3) is 0.100. The van der Waals surface area contributed by atoms with E-state index >= 15 is 0 Å². The van der Waals surface area contributed by atoms with E-state index in [1.165, 1.54) is 16.8 Å². The van der Waals surface area contributed by atoms with Gasteiger partial charge < -0.3 is 5.32 Å². The fourth-order valence-corrected chi connectivity index (χ4v) is 2.43. The molecule has 26 heavy (non-hydrogen) atoms. The van der Waals surface area contributed by atoms with Crippen LogP contribution < -0.4 is 10.9 Å². The van der Waals surface area contributed by atoms with Crippen LogP contribution in [0.3, 0.4) is 0 Å². The molecule has 0 saturated heterocycles. The highest BCUT2D eigenvalue weighted by molar-refractivity contribution is 6.02. The number of rotatable bonds is 5. The molecule has 0 atom stereocenters. The average Bonchev–Trinajstić information content (AvgIpc) is 2.66. The number of nitriles is 1. The van der Waals surface area contributed by atoms with Crippen molar-refractivity contribution in [3.8, 4) is 6.07 Å². The molecule has 1 aromatic heterocycles. The first-order valence-corrected chi connectivity index (χ1v) is 8.05. The van der Waals surface area contributed by atoms with Crippen molar-refractivity contribution >= 4 is 11.6 Å². The standard InChI is InChI=1S/C20H16N4O2/c21-13-12-15-6-8-17(9-7-15)22-20(26)18-10-11-19(25)24(23-18)14-16-4-2-1-3-5-16/h1-11H,12,14H2,(H,22,26). The Labute approximate surface area is 150 Å². The van der Waals surface area contributed by atoms with Crippen LogP contribution in [-0.2, 0) is 13.0 Å². The number of carbonyl (C=O) groups is 1. The van der Waals surface area contributed by atoms with Crippen LogP contribution in [0.25, 0.3) is 0 Å². The number of amides is 1. The van der Waals surface area contributed by atoms with Gasteiger partial charge in [-0.3, -0.25) is 9.59 Å². The maximum atomic E-state index is 12.4. The summed E-state index contributed by atoms with van der Waals surface area (Å²) < 4.78 is 1.26. The van der Waals surface area contributed by atoms with Crippen molar-refractivity contribution in [2.75, 3.05) is 5.32 Å². The van der Waals surface area contributed by atoms with Gasteiger partial charge in [0.15, 0.2) is 0 Å². The summed E-state index contributed by atoms with van der Waals surface area (Å²) >= 11 is 0. The fourth-order valence-electron chi connectivity index (χ4n) is 2.43. The SMILES string of the molecule is N#CCc1ccc(NC(=O)c2ccc(=O)n(Cc3ccccc3)n2)cc1. The van der Waals surface area contributed by atoms with Crippen molar-refractivity contribution in [2.45, 2.75) is 13.0 Å². The lowest BCUT2D eigenvalue weighted by molar-refractivity contribution is 0.102. The van der Waals surface area contributed by atoms with Gasteiger partial charge in [-0.05, 0) is 29.3 Å². The molecule has 3 aromatic rings. The zero-order valence-corrected chi connectivity index (χ0v) is 13.9. The molecule has 0 aliphatic carbocycles. The Morgan fingerprint density at radius 1 is 1.00 bits per heavy atom. The topological polar surface area (TPSA) is 87.8 Å². The molecule has 0 radical (unpaired) electrons. The molecular weight excluding hydrogens is 328 g/mol. The molecule has 3 rings (SSSR count). The Balaban J connectivity index is 1.76. The van der Waals surface area contributed by atoms with Crippen molar-refractivity contribution in [3.63, 3.8) is 0 Å². The van der Waals surface area contributed by atoms with Crippen molar-refractivity contribution in [1.29, 1.82) is 5.26 Å². The van der Waals surface area contributed by atoms with Crippen LogP contribution in [-0.4, -0.2) is 15.7 Å². The molecule has 128 valence electrons. The molecule has 6 heteroatoms. The summed E-state index contributed by atoms with van der Waals surface area (Å²) in [6.45, 7) is 0.295. The molecule has 0 bridgehead atoms. The summed E-state index contributed by atoms with van der Waals surface area (Å²) in [7, 11) is 0. The average molecular weight is 344 g/mol. The third-order valence-corrected chi connectivity index (χ3v) is 3.77. The summed E-state index contributed by atoms with van der Waals surface area (Å²) in [4.78, 5) is 24.4. The number of hydrogen-bond donors (Lipinski definition) is 1. The molecular formula is C20H16N4O2. The Morgan fingerprint density at radius 3 is 2.42 bits per heavy atom. The first-order chi connectivity index (χ1) is 12.7. The van der Waals surface area contributed by atoms with Crippen molar-refractivity contribution < 1.29 is 4.79 Å². The highest BCUT2D eigenvalue weighted by Gasteiger charge is 2.10. The van der Waals surface area contributed by atoms with E-state index in [4.69, 9.17) is 5.26 Å². The normalized spacial score (nSPS) is 10.1. The second-order valence-corrected chi connectivity index (χ2v) is 5.69. The maximum absolute atomic E-state index is 12.4. The van der Waals surface area contributed by atoms with E-state index in [1.54, 1.807) is 24.3 Å². The van der Waals surface area contributed by atoms with Gasteiger partial charge in [0.1, 0.15) is 5.69 Å². The number of nitrogens with one attached hydrogen (secondary N) is 1. The summed E-state index contributed by atoms with van der Waals surface area (Å²) in [6, 6.07) is 21.3. The van der Waals surface area contributed by atoms with Crippen LogP contribution >= 0.6 is 0 Å². The molecule has 0 spiro atoms. The Morgan fingerprint density at radius 2 is 1.73 bits per heavy atom. The van der Waals surface area contributed by atoms with E-state index < -0.39 is 5.91 Å². The lowest BCUT2D eigenvalue weighted by Crippen LogP contribution is -2.26. The predicted molar refractivity (Wildman–Crippen MR) is 97.8 cm³/mol. The van der Waals surface area contributed by atoms with Gasteiger partial charge in [0.25, 0.3) is 11.5 Å². The number of carbonyl (C=O) groups excluding carboxylic acids is 1. The van der Waals surface area contributed by atoms with E-state index in [-0.39, 0.29) is 11.3 Å². The van der Waals surface area contributed by atoms with E-state index in [9.17, 15) is 9.59 Å². The number of nitrogens with zero attached hydrogens (tertiary/aromatic N) is 3. The van der Waals surface area contributed by atoms with Crippen LogP contribution in [0, 0.1) is 11.3 Å². The number of aromatic nitrogens is 2. The van der Waals surface area contributed by atoms with Gasteiger partial charge in [-0.15, -0.1) is 0 Å². The molecule has 1 N–H and O–H groups in total. The predicted octanol–water partition coefficient (Wildman–Crippen LogP) is 2.61. The minimum absolute atomic E-state index is 0.154. The van der Waals surface area contributed by atoms with Crippen LogP contribution in [0.1, 0.15) is 21.6 Å². The summed E-state index contributed by atoms with van der Waals surface area (Å²) in [5.41, 5.74) is 2.28. The van der Waals surface area contributed by atoms with Gasteiger partial charge in [-0.2, -0.15) is 10.4 Å². The summed E-state index contributed by atoms with van der Waals surface area (Å²) in [5.74, 6) is -0.403. The van der Waals surface area contributed by atoms with Gasteiger partial charge in [0, 0.05) is 11.8 Å². The monoisotopic (exact) mass is 344 g/mol. The van der Waals surface area contributed by atoms with Gasteiger partial charge in [0.05, 0.1) is 19.0 Å². The lowest BCUT2D eigenvalue weighted by atomic mass is 10.1. The zero-order chi connectivity index (χ0) is 18.4. The van der Waals surface area contributed by atoms with Gasteiger partial charge >= 0.3 is 0 Å². The summed E-state index contributed by atoms with van der Waals surface area (Å²) in [6.07, 6.45) is 0.320. The molecule has 0 aliphatic heterocycles. The second kappa shape index (κ2) is 7.90. The van der Waals surface area contributed by atoms with Gasteiger partial charge in [0.2, 0.25) is 0 Å². The molecule has 0 aliphatic rings. The molecule has 0 fully saturated rings. The Hall–Kier alpha value is -3.72. The molecule has 0 saturated carbocycles. The van der Waals surface area contributed by atoms with Crippen LogP contribution in [0.2, 0.25) is 0 Å². The van der Waals surface area contributed by atoms with Gasteiger partial charge in [-0.1, -0.05) is 42.5 Å². The molecule has 2 aromatic carbocycles. The first kappa shape index (κ1) is 17.1. The second-order valence-electron chi connectivity index (χ2n) is 5.69. The van der Waals surface area contributed by atoms with Gasteiger partial charge in [-0.25, -0.2) is 4.68 Å². The van der Waals surface area contributed by atoms with Crippen molar-refractivity contribution in [3.05, 3.63) is 93.9 Å². The van der Waals surface area contributed by atoms with E-state index in [2.05, 4.69) is 16.5 Å². The molecule has 6 nitrogen and oxygen atoms in total. The molecule has 0 unspecified atom stereocenters. The highest BCUT2D eigenvalue weighted by Crippen LogP contribution is 2.11. The largest absolute Gasteiger partial charge is 0.321 e. The minimum Gasteiger partial charge on any atom is -0.321 e. The quantitative estimate of drug-likeness (QED) is 0.770. The third-order valence-electron chi connectivity index (χ3n) is 3.77. The number of hydrogen-bond acceptors (Lipinski definition) is 4. The maximum Gasteiger partial charge on any atom is 0.276 e. The van der Waals surface area contributed by atoms with E-state index in [1.807, 2.05) is 30.3 Å². The number of anilines is 1. The summed E-state index contributed by atoms with van der Waals surface area (Å²) in [5, 5.41) is 15.6. The molecule has 1 amide bonds. The minimum atomic E-state index is -0.403. The lowest BCUT2D eigenvalue weighted by Gasteiger charge is -2.08. The van der Waals surface area contributed by atoms with E-state index in [0.717, 1.165) is 11.1 Å². The van der Waals surface area contributed by atoms with Crippen LogP contribution in [0.15, 0.2) is 71.5 Å². The Bertz CT molecular complexity index is 1000. The van der Waals surface area contributed by atoms with E-state index in [0.29, 0.717) is 18.7 Å². The Kier molecular flexibility index (Phi) is 5.20. The smallest absolute Gasteiger partial charge is 0.276 e. The number of benzene rings is 2.